The number of benzene rings is 2. The summed E-state index contributed by atoms with van der Waals surface area (Å²) in [5, 5.41) is 5.00. The first kappa shape index (κ1) is 15.4. The van der Waals surface area contributed by atoms with E-state index in [-0.39, 0.29) is 5.69 Å². The third kappa shape index (κ3) is 2.39. The number of hydrogen-bond acceptors (Lipinski definition) is 3. The Bertz CT molecular complexity index is 1110. The Morgan fingerprint density at radius 3 is 2.40 bits per heavy atom. The Morgan fingerprint density at radius 1 is 1.04 bits per heavy atom. The van der Waals surface area contributed by atoms with E-state index in [1.54, 1.807) is 25.1 Å². The van der Waals surface area contributed by atoms with Gasteiger partial charge in [0.25, 0.3) is 5.56 Å². The Morgan fingerprint density at radius 2 is 1.72 bits per heavy atom. The van der Waals surface area contributed by atoms with Gasteiger partial charge in [0, 0.05) is 5.39 Å². The second kappa shape index (κ2) is 5.20. The number of aryl methyl sites for hydroxylation is 1. The summed E-state index contributed by atoms with van der Waals surface area (Å²) in [5.41, 5.74) is 0.420. The molecule has 2 aromatic carbocycles. The van der Waals surface area contributed by atoms with Crippen LogP contribution < -0.4 is 5.56 Å². The fourth-order valence-electron chi connectivity index (χ4n) is 2.84. The van der Waals surface area contributed by atoms with Crippen LogP contribution in [-0.2, 0) is 6.18 Å². The fourth-order valence-corrected chi connectivity index (χ4v) is 2.84. The van der Waals surface area contributed by atoms with E-state index in [9.17, 15) is 18.0 Å². The zero-order valence-corrected chi connectivity index (χ0v) is 13.0. The summed E-state index contributed by atoms with van der Waals surface area (Å²) in [7, 11) is 0. The zero-order valence-electron chi connectivity index (χ0n) is 13.0. The summed E-state index contributed by atoms with van der Waals surface area (Å²) < 4.78 is 44.9. The molecule has 0 fully saturated rings. The van der Waals surface area contributed by atoms with E-state index in [2.05, 4.69) is 5.10 Å². The van der Waals surface area contributed by atoms with E-state index in [0.29, 0.717) is 28.0 Å². The van der Waals surface area contributed by atoms with Crippen LogP contribution in [-0.4, -0.2) is 9.78 Å². The Labute approximate surface area is 139 Å². The van der Waals surface area contributed by atoms with E-state index in [0.717, 1.165) is 16.8 Å². The summed E-state index contributed by atoms with van der Waals surface area (Å²) in [6.45, 7) is 1.66. The van der Waals surface area contributed by atoms with Gasteiger partial charge >= 0.3 is 6.18 Å². The molecule has 0 N–H and O–H groups in total. The highest BCUT2D eigenvalue weighted by molar-refractivity contribution is 5.92. The average Bonchev–Trinajstić information content (AvgIpc) is 2.93. The van der Waals surface area contributed by atoms with E-state index < -0.39 is 17.3 Å². The lowest BCUT2D eigenvalue weighted by atomic mass is 10.1. The van der Waals surface area contributed by atoms with Crippen molar-refractivity contribution in [3.8, 4) is 16.9 Å². The van der Waals surface area contributed by atoms with Gasteiger partial charge in [-0.3, -0.25) is 4.79 Å². The minimum atomic E-state index is -4.43. The predicted molar refractivity (Wildman–Crippen MR) is 86.0 cm³/mol. The first-order valence-corrected chi connectivity index (χ1v) is 7.45. The fraction of sp³-hybridized carbons (Fsp3) is 0.111. The quantitative estimate of drug-likeness (QED) is 0.514. The Balaban J connectivity index is 1.96. The molecule has 0 unspecified atom stereocenters. The van der Waals surface area contributed by atoms with Gasteiger partial charge in [0.15, 0.2) is 0 Å². The molecule has 0 atom stereocenters. The minimum absolute atomic E-state index is 0.262. The molecule has 126 valence electrons. The van der Waals surface area contributed by atoms with Crippen molar-refractivity contribution in [1.29, 1.82) is 0 Å². The van der Waals surface area contributed by atoms with Crippen LogP contribution in [0.3, 0.4) is 0 Å². The van der Waals surface area contributed by atoms with Crippen LogP contribution in [0, 0.1) is 6.92 Å². The third-order valence-corrected chi connectivity index (χ3v) is 4.04. The molecule has 2 aliphatic heterocycles. The predicted octanol–water partition coefficient (Wildman–Crippen LogP) is 4.41. The van der Waals surface area contributed by atoms with E-state index in [1.807, 2.05) is 6.07 Å². The molecule has 0 radical (unpaired) electrons. The van der Waals surface area contributed by atoms with Crippen molar-refractivity contribution in [2.24, 2.45) is 0 Å². The Hall–Kier alpha value is -3.09. The normalized spacial score (nSPS) is 12.2. The number of fused-ring (bicyclic) bond motifs is 3. The van der Waals surface area contributed by atoms with Gasteiger partial charge in [-0.1, -0.05) is 12.1 Å². The van der Waals surface area contributed by atoms with E-state index in [1.165, 1.54) is 12.1 Å². The van der Waals surface area contributed by atoms with Crippen LogP contribution in [0.5, 0.6) is 0 Å². The smallest absolute Gasteiger partial charge is 0.416 e. The van der Waals surface area contributed by atoms with Crippen LogP contribution in [0.15, 0.2) is 57.7 Å². The van der Waals surface area contributed by atoms with Crippen LogP contribution in [0.2, 0.25) is 0 Å². The molecule has 0 amide bonds. The van der Waals surface area contributed by atoms with Gasteiger partial charge in [-0.2, -0.15) is 23.0 Å². The van der Waals surface area contributed by atoms with Crippen molar-refractivity contribution in [2.75, 3.05) is 0 Å². The van der Waals surface area contributed by atoms with Gasteiger partial charge in [-0.05, 0) is 43.3 Å². The van der Waals surface area contributed by atoms with Crippen molar-refractivity contribution in [1.82, 2.24) is 9.78 Å². The number of nitrogens with zero attached hydrogens (tertiary/aromatic N) is 2. The number of aromatic nitrogens is 2. The SMILES string of the molecule is Cc1oc2ccccc2c2nn(-c3ccc(C(F)(F)F)cc3)c(=O)c1-2. The molecule has 0 saturated heterocycles. The van der Waals surface area contributed by atoms with Crippen LogP contribution in [0.4, 0.5) is 13.2 Å². The summed E-state index contributed by atoms with van der Waals surface area (Å²) in [4.78, 5) is 12.7. The number of hydrogen-bond donors (Lipinski definition) is 0. The summed E-state index contributed by atoms with van der Waals surface area (Å²) in [6, 6.07) is 11.5. The maximum absolute atomic E-state index is 12.7. The van der Waals surface area contributed by atoms with Gasteiger partial charge in [-0.25, -0.2) is 0 Å². The van der Waals surface area contributed by atoms with Gasteiger partial charge in [0.05, 0.1) is 11.3 Å². The lowest BCUT2D eigenvalue weighted by Crippen LogP contribution is -2.15. The van der Waals surface area contributed by atoms with Crippen LogP contribution in [0.25, 0.3) is 27.9 Å². The minimum Gasteiger partial charge on any atom is -0.460 e. The van der Waals surface area contributed by atoms with E-state index >= 15 is 0 Å². The summed E-state index contributed by atoms with van der Waals surface area (Å²) in [6.07, 6.45) is -4.43. The zero-order chi connectivity index (χ0) is 17.8. The largest absolute Gasteiger partial charge is 0.460 e. The number of rotatable bonds is 1. The van der Waals surface area contributed by atoms with E-state index in [4.69, 9.17) is 4.42 Å². The Kier molecular flexibility index (Phi) is 3.21. The first-order valence-electron chi connectivity index (χ1n) is 7.45. The van der Waals surface area contributed by atoms with Crippen molar-refractivity contribution in [3.63, 3.8) is 0 Å². The molecule has 7 heteroatoms. The molecule has 0 spiro atoms. The molecular weight excluding hydrogens is 333 g/mol. The molecule has 2 aromatic rings. The molecule has 4 nitrogen and oxygen atoms in total. The van der Waals surface area contributed by atoms with Crippen LogP contribution >= 0.6 is 0 Å². The van der Waals surface area contributed by atoms with Crippen molar-refractivity contribution >= 4 is 11.0 Å². The van der Waals surface area contributed by atoms with Crippen molar-refractivity contribution < 1.29 is 17.6 Å². The molecule has 0 aromatic heterocycles. The van der Waals surface area contributed by atoms with Crippen LogP contribution in [0.1, 0.15) is 11.3 Å². The third-order valence-electron chi connectivity index (χ3n) is 4.04. The highest BCUT2D eigenvalue weighted by atomic mass is 19.4. The number of para-hydroxylation sites is 1. The lowest BCUT2D eigenvalue weighted by molar-refractivity contribution is -0.137. The molecule has 2 aliphatic rings. The average molecular weight is 344 g/mol. The molecule has 0 bridgehead atoms. The lowest BCUT2D eigenvalue weighted by Gasteiger charge is -2.07. The number of halogens is 3. The maximum Gasteiger partial charge on any atom is 0.416 e. The molecule has 4 rings (SSSR count). The highest BCUT2D eigenvalue weighted by Gasteiger charge is 2.30. The first-order chi connectivity index (χ1) is 11.9. The number of alkyl halides is 3. The monoisotopic (exact) mass is 344 g/mol. The molecule has 25 heavy (non-hydrogen) atoms. The molecular formula is C18H11F3N2O2. The van der Waals surface area contributed by atoms with Gasteiger partial charge < -0.3 is 4.42 Å². The second-order valence-corrected chi connectivity index (χ2v) is 5.64. The van der Waals surface area contributed by atoms with Gasteiger partial charge in [0.1, 0.15) is 22.6 Å². The molecule has 2 heterocycles. The topological polar surface area (TPSA) is 48.0 Å². The molecule has 0 saturated carbocycles. The highest BCUT2D eigenvalue weighted by Crippen LogP contribution is 2.32. The second-order valence-electron chi connectivity index (χ2n) is 5.64. The standard InChI is InChI=1S/C18H11F3N2O2/c1-10-15-16(13-4-2-3-5-14(13)25-10)22-23(17(15)24)12-8-6-11(7-9-12)18(19,20)21/h2-9H,1H3. The molecule has 0 aliphatic carbocycles. The van der Waals surface area contributed by atoms with Gasteiger partial charge in [0.2, 0.25) is 0 Å². The summed E-state index contributed by atoms with van der Waals surface area (Å²) in [5.74, 6) is 0.414. The van der Waals surface area contributed by atoms with Gasteiger partial charge in [-0.15, -0.1) is 0 Å². The van der Waals surface area contributed by atoms with Crippen molar-refractivity contribution in [2.45, 2.75) is 13.1 Å². The maximum atomic E-state index is 12.7. The van der Waals surface area contributed by atoms with Crippen molar-refractivity contribution in [3.05, 3.63) is 70.2 Å². The summed E-state index contributed by atoms with van der Waals surface area (Å²) >= 11 is 0.